The van der Waals surface area contributed by atoms with Crippen LogP contribution >= 0.6 is 0 Å². The maximum Gasteiger partial charge on any atom is 0.195 e. The van der Waals surface area contributed by atoms with Crippen molar-refractivity contribution in [1.82, 2.24) is 4.98 Å². The molecule has 1 aromatic heterocycles. The second-order valence-electron chi connectivity index (χ2n) is 5.05. The Labute approximate surface area is 117 Å². The van der Waals surface area contributed by atoms with E-state index in [1.54, 1.807) is 18.3 Å². The Morgan fingerprint density at radius 1 is 1.20 bits per heavy atom. The zero-order valence-corrected chi connectivity index (χ0v) is 11.3. The normalized spacial score (nSPS) is 15.6. The topological polar surface area (TPSA) is 58.3 Å². The molecule has 3 rings (SSSR count). The second kappa shape index (κ2) is 4.46. The largest absolute Gasteiger partial charge is 0.466 e. The molecule has 0 unspecified atom stereocenters. The molecule has 2 heterocycles. The molecule has 98 valence electrons. The van der Waals surface area contributed by atoms with Crippen molar-refractivity contribution in [3.8, 4) is 11.8 Å². The summed E-state index contributed by atoms with van der Waals surface area (Å²) in [7, 11) is 0. The van der Waals surface area contributed by atoms with Crippen LogP contribution in [0.1, 0.15) is 30.7 Å². The zero-order valence-electron chi connectivity index (χ0n) is 11.3. The average molecular weight is 263 g/mol. The quantitative estimate of drug-likeness (QED) is 0.794. The van der Waals surface area contributed by atoms with E-state index in [0.29, 0.717) is 5.56 Å². The van der Waals surface area contributed by atoms with Gasteiger partial charge in [-0.25, -0.2) is 4.99 Å². The van der Waals surface area contributed by atoms with Gasteiger partial charge in [0, 0.05) is 11.8 Å². The minimum Gasteiger partial charge on any atom is -0.466 e. The molecule has 4 nitrogen and oxygen atoms in total. The zero-order chi connectivity index (χ0) is 14.2. The number of hydrogen-bond acceptors (Lipinski definition) is 4. The molecule has 0 spiro atoms. The predicted octanol–water partition coefficient (Wildman–Crippen LogP) is 2.92. The Morgan fingerprint density at radius 3 is 2.75 bits per heavy atom. The van der Waals surface area contributed by atoms with Crippen molar-refractivity contribution in [1.29, 1.82) is 5.26 Å². The van der Waals surface area contributed by atoms with Crippen LogP contribution < -0.4 is 4.74 Å². The fourth-order valence-corrected chi connectivity index (χ4v) is 2.19. The monoisotopic (exact) mass is 263 g/mol. The smallest absolute Gasteiger partial charge is 0.195 e. The fraction of sp³-hybridized carbons (Fsp3) is 0.188. The molecule has 0 saturated carbocycles. The van der Waals surface area contributed by atoms with Crippen molar-refractivity contribution in [2.24, 2.45) is 4.99 Å². The van der Waals surface area contributed by atoms with Gasteiger partial charge in [0.1, 0.15) is 5.75 Å². The summed E-state index contributed by atoms with van der Waals surface area (Å²) in [6, 6.07) is 13.2. The third-order valence-corrected chi connectivity index (χ3v) is 3.01. The minimum absolute atomic E-state index is 0.579. The van der Waals surface area contributed by atoms with Gasteiger partial charge in [-0.15, -0.1) is 0 Å². The molecule has 1 aromatic carbocycles. The number of aliphatic imine (C=N–C) groups is 1. The van der Waals surface area contributed by atoms with E-state index in [9.17, 15) is 0 Å². The number of benzene rings is 1. The van der Waals surface area contributed by atoms with E-state index in [4.69, 9.17) is 10.00 Å². The number of hydrogen-bond donors (Lipinski definition) is 0. The molecule has 1 aliphatic heterocycles. The number of ether oxygens (including phenoxy) is 1. The first-order valence-corrected chi connectivity index (χ1v) is 6.34. The molecule has 1 aliphatic rings. The molecule has 0 radical (unpaired) electrons. The molecule has 20 heavy (non-hydrogen) atoms. The minimum atomic E-state index is -0.645. The van der Waals surface area contributed by atoms with Gasteiger partial charge >= 0.3 is 0 Å². The maximum absolute atomic E-state index is 9.05. The van der Waals surface area contributed by atoms with Crippen LogP contribution in [-0.4, -0.2) is 16.4 Å². The van der Waals surface area contributed by atoms with Crippen LogP contribution in [0.2, 0.25) is 0 Å². The van der Waals surface area contributed by atoms with Crippen LogP contribution in [0.3, 0.4) is 0 Å². The van der Waals surface area contributed by atoms with E-state index >= 15 is 0 Å². The Bertz CT molecular complexity index is 727. The number of rotatable bonds is 1. The molecular weight excluding hydrogens is 250 g/mol. The van der Waals surface area contributed by atoms with Gasteiger partial charge < -0.3 is 4.74 Å². The second-order valence-corrected chi connectivity index (χ2v) is 5.05. The third-order valence-electron chi connectivity index (χ3n) is 3.01. The third kappa shape index (κ3) is 2.14. The summed E-state index contributed by atoms with van der Waals surface area (Å²) in [5.41, 5.74) is 2.28. The molecule has 0 aliphatic carbocycles. The Kier molecular flexibility index (Phi) is 2.76. The summed E-state index contributed by atoms with van der Waals surface area (Å²) in [5.74, 6) is 0.727. The first-order chi connectivity index (χ1) is 9.59. The van der Waals surface area contributed by atoms with Gasteiger partial charge in [-0.2, -0.15) is 5.26 Å². The van der Waals surface area contributed by atoms with Gasteiger partial charge in [0.2, 0.25) is 0 Å². The van der Waals surface area contributed by atoms with Crippen LogP contribution in [0.25, 0.3) is 0 Å². The van der Waals surface area contributed by atoms with E-state index in [0.717, 1.165) is 22.7 Å². The lowest BCUT2D eigenvalue weighted by molar-refractivity contribution is 0.115. The first-order valence-electron chi connectivity index (χ1n) is 6.34. The lowest BCUT2D eigenvalue weighted by atomic mass is 10.0. The van der Waals surface area contributed by atoms with Crippen molar-refractivity contribution in [2.75, 3.05) is 0 Å². The standard InChI is InChI=1S/C16H13N3O/c1-16(2)19-15(13-5-3-4-8-18-13)12-9-11(10-17)6-7-14(12)20-16/h3-9H,1-2H3. The molecule has 0 amide bonds. The van der Waals surface area contributed by atoms with Crippen molar-refractivity contribution in [3.63, 3.8) is 0 Å². The Balaban J connectivity index is 2.22. The fourth-order valence-electron chi connectivity index (χ4n) is 2.19. The van der Waals surface area contributed by atoms with Crippen LogP contribution in [0.4, 0.5) is 0 Å². The average Bonchev–Trinajstić information content (AvgIpc) is 2.46. The van der Waals surface area contributed by atoms with Crippen LogP contribution in [0.15, 0.2) is 47.6 Å². The van der Waals surface area contributed by atoms with Gasteiger partial charge in [0.05, 0.1) is 23.0 Å². The summed E-state index contributed by atoms with van der Waals surface area (Å²) in [5, 5.41) is 9.05. The number of fused-ring (bicyclic) bond motifs is 1. The van der Waals surface area contributed by atoms with E-state index in [2.05, 4.69) is 16.0 Å². The maximum atomic E-state index is 9.05. The summed E-state index contributed by atoms with van der Waals surface area (Å²) < 4.78 is 5.85. The van der Waals surface area contributed by atoms with Gasteiger partial charge in [-0.3, -0.25) is 4.98 Å². The highest BCUT2D eigenvalue weighted by Crippen LogP contribution is 2.32. The Morgan fingerprint density at radius 2 is 2.05 bits per heavy atom. The highest BCUT2D eigenvalue weighted by molar-refractivity contribution is 6.14. The predicted molar refractivity (Wildman–Crippen MR) is 75.7 cm³/mol. The number of nitrogens with zero attached hydrogens (tertiary/aromatic N) is 3. The number of aromatic nitrogens is 1. The summed E-state index contributed by atoms with van der Waals surface area (Å²) in [6.07, 6.45) is 1.73. The first kappa shape index (κ1) is 12.4. The molecule has 0 N–H and O–H groups in total. The van der Waals surface area contributed by atoms with Crippen molar-refractivity contribution >= 4 is 5.71 Å². The molecule has 0 bridgehead atoms. The highest BCUT2D eigenvalue weighted by atomic mass is 16.5. The van der Waals surface area contributed by atoms with Gasteiger partial charge in [-0.1, -0.05) is 6.07 Å². The van der Waals surface area contributed by atoms with E-state index in [1.165, 1.54) is 0 Å². The van der Waals surface area contributed by atoms with Gasteiger partial charge in [0.15, 0.2) is 5.72 Å². The van der Waals surface area contributed by atoms with Crippen molar-refractivity contribution in [3.05, 3.63) is 59.4 Å². The summed E-state index contributed by atoms with van der Waals surface area (Å²) >= 11 is 0. The Hall–Kier alpha value is -2.67. The van der Waals surface area contributed by atoms with Crippen LogP contribution in [-0.2, 0) is 0 Å². The van der Waals surface area contributed by atoms with Crippen LogP contribution in [0.5, 0.6) is 5.75 Å². The van der Waals surface area contributed by atoms with Crippen molar-refractivity contribution in [2.45, 2.75) is 19.6 Å². The molecular formula is C16H13N3O. The number of nitriles is 1. The highest BCUT2D eigenvalue weighted by Gasteiger charge is 2.29. The lowest BCUT2D eigenvalue weighted by Gasteiger charge is -2.30. The van der Waals surface area contributed by atoms with Crippen molar-refractivity contribution < 1.29 is 4.74 Å². The molecule has 0 fully saturated rings. The van der Waals surface area contributed by atoms with E-state index in [-0.39, 0.29) is 0 Å². The summed E-state index contributed by atoms with van der Waals surface area (Å²) in [4.78, 5) is 8.98. The SMILES string of the molecule is CC1(C)N=C(c2ccccn2)c2cc(C#N)ccc2O1. The van der Waals surface area contributed by atoms with E-state index < -0.39 is 5.72 Å². The molecule has 2 aromatic rings. The summed E-state index contributed by atoms with van der Waals surface area (Å²) in [6.45, 7) is 3.80. The lowest BCUT2D eigenvalue weighted by Crippen LogP contribution is -2.32. The van der Waals surface area contributed by atoms with Gasteiger partial charge in [0.25, 0.3) is 0 Å². The molecule has 0 saturated heterocycles. The number of pyridine rings is 1. The molecule has 0 atom stereocenters. The molecule has 4 heteroatoms. The van der Waals surface area contributed by atoms with E-state index in [1.807, 2.05) is 38.1 Å². The van der Waals surface area contributed by atoms with Crippen LogP contribution in [0, 0.1) is 11.3 Å². The van der Waals surface area contributed by atoms with Gasteiger partial charge in [-0.05, 0) is 44.2 Å².